The molecule has 14 heteroatoms. The summed E-state index contributed by atoms with van der Waals surface area (Å²) in [7, 11) is 2.79. The highest BCUT2D eigenvalue weighted by molar-refractivity contribution is 7.92. The fourth-order valence-corrected chi connectivity index (χ4v) is 5.93. The molecule has 0 heterocycles. The van der Waals surface area contributed by atoms with E-state index in [2.05, 4.69) is 10.5 Å². The molecule has 0 radical (unpaired) electrons. The maximum absolute atomic E-state index is 14.0. The Bertz CT molecular complexity index is 1830. The van der Waals surface area contributed by atoms with E-state index < -0.39 is 22.5 Å². The molecule has 248 valence electrons. The van der Waals surface area contributed by atoms with Crippen LogP contribution >= 0.6 is 11.6 Å². The Labute approximate surface area is 278 Å². The van der Waals surface area contributed by atoms with Gasteiger partial charge in [-0.3, -0.25) is 9.10 Å². The van der Waals surface area contributed by atoms with Crippen molar-refractivity contribution in [1.82, 2.24) is 5.43 Å². The van der Waals surface area contributed by atoms with Gasteiger partial charge in [-0.2, -0.15) is 5.10 Å². The van der Waals surface area contributed by atoms with Gasteiger partial charge in [0.05, 0.1) is 52.3 Å². The number of carbonyl (C=O) groups is 1. The van der Waals surface area contributed by atoms with Gasteiger partial charge in [0.1, 0.15) is 24.7 Å². The van der Waals surface area contributed by atoms with Crippen molar-refractivity contribution in [2.45, 2.75) is 11.5 Å². The fourth-order valence-electron chi connectivity index (χ4n) is 4.37. The second-order valence-corrected chi connectivity index (χ2v) is 12.0. The van der Waals surface area contributed by atoms with Crippen molar-refractivity contribution in [2.75, 3.05) is 46.4 Å². The first-order valence-electron chi connectivity index (χ1n) is 14.0. The summed E-state index contributed by atoms with van der Waals surface area (Å²) in [4.78, 5) is 13.0. The van der Waals surface area contributed by atoms with Gasteiger partial charge in [0, 0.05) is 17.2 Å². The summed E-state index contributed by atoms with van der Waals surface area (Å²) in [6.07, 6.45) is 1.39. The zero-order chi connectivity index (χ0) is 34.0. The van der Waals surface area contributed by atoms with Gasteiger partial charge in [0.2, 0.25) is 0 Å². The normalized spacial score (nSPS) is 11.1. The van der Waals surface area contributed by atoms with Gasteiger partial charge >= 0.3 is 0 Å². The van der Waals surface area contributed by atoms with Crippen LogP contribution in [0.4, 0.5) is 5.69 Å². The molecule has 0 bridgehead atoms. The first-order valence-corrected chi connectivity index (χ1v) is 15.8. The number of ether oxygens (including phenoxy) is 6. The summed E-state index contributed by atoms with van der Waals surface area (Å²) in [5.41, 5.74) is 3.98. The Balaban J connectivity index is 1.56. The van der Waals surface area contributed by atoms with Crippen LogP contribution < -0.4 is 38.2 Å². The largest absolute Gasteiger partial charge is 0.497 e. The number of halogens is 1. The monoisotopic (exact) mass is 683 g/mol. The van der Waals surface area contributed by atoms with Crippen molar-refractivity contribution in [3.63, 3.8) is 0 Å². The van der Waals surface area contributed by atoms with Gasteiger partial charge in [0.15, 0.2) is 23.0 Å². The molecule has 4 aromatic rings. The molecule has 0 fully saturated rings. The van der Waals surface area contributed by atoms with Gasteiger partial charge in [-0.05, 0) is 65.7 Å². The standard InChI is InChI=1S/C33H34ClN3O9S/c1-41-25-11-14-28(42-2)27(17-25)37(47(39,40)26-12-15-29(43-3)32(18-26)45-5)20-33(38)36-35-19-23-8-13-30(31(16-23)44-4)46-21-22-6-9-24(34)10-7-22/h6-19H,20-21H2,1-5H3,(H,36,38)/b35-19-. The molecule has 0 aromatic heterocycles. The lowest BCUT2D eigenvalue weighted by Crippen LogP contribution is -2.39. The quantitative estimate of drug-likeness (QED) is 0.131. The first-order chi connectivity index (χ1) is 22.6. The lowest BCUT2D eigenvalue weighted by molar-refractivity contribution is -0.119. The number of carbonyl (C=O) groups excluding carboxylic acids is 1. The van der Waals surface area contributed by atoms with E-state index in [4.69, 9.17) is 40.0 Å². The summed E-state index contributed by atoms with van der Waals surface area (Å²) >= 11 is 5.95. The molecular formula is C33H34ClN3O9S. The average molecular weight is 684 g/mol. The third-order valence-corrected chi connectivity index (χ3v) is 8.79. The van der Waals surface area contributed by atoms with Crippen molar-refractivity contribution in [1.29, 1.82) is 0 Å². The number of hydrogen-bond acceptors (Lipinski definition) is 10. The highest BCUT2D eigenvalue weighted by Crippen LogP contribution is 2.37. The van der Waals surface area contributed by atoms with Crippen LogP contribution in [0.25, 0.3) is 0 Å². The smallest absolute Gasteiger partial charge is 0.265 e. The number of nitrogens with one attached hydrogen (secondary N) is 1. The Morgan fingerprint density at radius 3 is 2.06 bits per heavy atom. The van der Waals surface area contributed by atoms with Crippen LogP contribution in [-0.4, -0.2) is 62.6 Å². The molecule has 4 rings (SSSR count). The lowest BCUT2D eigenvalue weighted by Gasteiger charge is -2.26. The number of rotatable bonds is 15. The summed E-state index contributed by atoms with van der Waals surface area (Å²) < 4.78 is 61.7. The van der Waals surface area contributed by atoms with Gasteiger partial charge < -0.3 is 28.4 Å². The van der Waals surface area contributed by atoms with Crippen LogP contribution in [0.15, 0.2) is 88.9 Å². The molecule has 0 atom stereocenters. The van der Waals surface area contributed by atoms with Crippen LogP contribution in [0.3, 0.4) is 0 Å². The lowest BCUT2D eigenvalue weighted by atomic mass is 10.2. The van der Waals surface area contributed by atoms with Gasteiger partial charge in [0.25, 0.3) is 15.9 Å². The van der Waals surface area contributed by atoms with Crippen molar-refractivity contribution in [3.8, 4) is 34.5 Å². The number of hydrazone groups is 1. The van der Waals surface area contributed by atoms with E-state index in [1.54, 1.807) is 36.4 Å². The summed E-state index contributed by atoms with van der Waals surface area (Å²) in [5, 5.41) is 4.66. The Kier molecular flexibility index (Phi) is 11.8. The number of methoxy groups -OCH3 is 5. The molecule has 0 aliphatic heterocycles. The fraction of sp³-hybridized carbons (Fsp3) is 0.212. The summed E-state index contributed by atoms with van der Waals surface area (Å²) in [5.74, 6) is 1.29. The van der Waals surface area contributed by atoms with E-state index >= 15 is 0 Å². The third-order valence-electron chi connectivity index (χ3n) is 6.78. The molecular weight excluding hydrogens is 650 g/mol. The number of sulfonamides is 1. The van der Waals surface area contributed by atoms with E-state index in [1.165, 1.54) is 72.1 Å². The zero-order valence-corrected chi connectivity index (χ0v) is 27.9. The number of benzene rings is 4. The molecule has 4 aromatic carbocycles. The van der Waals surface area contributed by atoms with Gasteiger partial charge in [-0.1, -0.05) is 23.7 Å². The molecule has 12 nitrogen and oxygen atoms in total. The molecule has 0 saturated carbocycles. The van der Waals surface area contributed by atoms with E-state index in [-0.39, 0.29) is 22.1 Å². The Hall–Kier alpha value is -5.14. The highest BCUT2D eigenvalue weighted by atomic mass is 35.5. The third kappa shape index (κ3) is 8.57. The predicted octanol–water partition coefficient (Wildman–Crippen LogP) is 5.31. The van der Waals surface area contributed by atoms with Crippen molar-refractivity contribution < 1.29 is 41.6 Å². The molecule has 0 aliphatic rings. The number of hydrogen-bond donors (Lipinski definition) is 1. The molecule has 1 N–H and O–H groups in total. The van der Waals surface area contributed by atoms with Crippen LogP contribution in [0, 0.1) is 0 Å². The number of anilines is 1. The molecule has 0 unspecified atom stereocenters. The number of amides is 1. The minimum Gasteiger partial charge on any atom is -0.497 e. The van der Waals surface area contributed by atoms with Crippen molar-refractivity contribution in [2.24, 2.45) is 5.10 Å². The maximum Gasteiger partial charge on any atom is 0.265 e. The highest BCUT2D eigenvalue weighted by Gasteiger charge is 2.31. The molecule has 1 amide bonds. The second-order valence-electron chi connectivity index (χ2n) is 9.68. The predicted molar refractivity (Wildman–Crippen MR) is 178 cm³/mol. The Morgan fingerprint density at radius 1 is 0.766 bits per heavy atom. The van der Waals surface area contributed by atoms with E-state index in [0.717, 1.165) is 9.87 Å². The molecule has 0 saturated heterocycles. The van der Waals surface area contributed by atoms with Crippen LogP contribution in [0.1, 0.15) is 11.1 Å². The SMILES string of the molecule is COc1ccc(OC)c(N(CC(=O)N/N=C\c2ccc(OCc3ccc(Cl)cc3)c(OC)c2)S(=O)(=O)c2ccc(OC)c(OC)c2)c1. The molecule has 47 heavy (non-hydrogen) atoms. The molecule has 0 aliphatic carbocycles. The zero-order valence-electron chi connectivity index (χ0n) is 26.4. The molecule has 0 spiro atoms. The maximum atomic E-state index is 14.0. The minimum absolute atomic E-state index is 0.0692. The van der Waals surface area contributed by atoms with E-state index in [0.29, 0.717) is 40.2 Å². The van der Waals surface area contributed by atoms with Crippen molar-refractivity contribution in [3.05, 3.63) is 95.0 Å². The van der Waals surface area contributed by atoms with Gasteiger partial charge in [-0.15, -0.1) is 0 Å². The second kappa shape index (κ2) is 15.9. The topological polar surface area (TPSA) is 134 Å². The first kappa shape index (κ1) is 34.7. The number of nitrogens with zero attached hydrogens (tertiary/aromatic N) is 2. The summed E-state index contributed by atoms with van der Waals surface area (Å²) in [6, 6.07) is 21.1. The van der Waals surface area contributed by atoms with E-state index in [1.807, 2.05) is 12.1 Å². The van der Waals surface area contributed by atoms with Crippen LogP contribution in [0.5, 0.6) is 34.5 Å². The van der Waals surface area contributed by atoms with Crippen LogP contribution in [-0.2, 0) is 21.4 Å². The van der Waals surface area contributed by atoms with E-state index in [9.17, 15) is 13.2 Å². The van der Waals surface area contributed by atoms with Crippen LogP contribution in [0.2, 0.25) is 5.02 Å². The Morgan fingerprint density at radius 2 is 1.40 bits per heavy atom. The average Bonchev–Trinajstić information content (AvgIpc) is 3.09. The van der Waals surface area contributed by atoms with Gasteiger partial charge in [-0.25, -0.2) is 13.8 Å². The summed E-state index contributed by atoms with van der Waals surface area (Å²) in [6.45, 7) is -0.351. The minimum atomic E-state index is -4.37. The van der Waals surface area contributed by atoms with Crippen molar-refractivity contribution >= 4 is 39.4 Å².